The Hall–Kier alpha value is -2.88. The molecule has 2 aromatic carbocycles. The molecule has 4 nitrogen and oxygen atoms in total. The molecule has 1 aromatic heterocycles. The maximum absolute atomic E-state index is 13.4. The SMILES string of the molecule is CCCCc1c(C)nc(-c2ccccc2OC)n(CCc2ccccc2)c1=O. The summed E-state index contributed by atoms with van der Waals surface area (Å²) in [5.74, 6) is 1.40. The van der Waals surface area contributed by atoms with Crippen molar-refractivity contribution in [3.05, 3.63) is 81.8 Å². The minimum absolute atomic E-state index is 0.0674. The molecule has 0 radical (unpaired) electrons. The molecule has 3 aromatic rings. The predicted molar refractivity (Wildman–Crippen MR) is 114 cm³/mol. The molecule has 0 fully saturated rings. The van der Waals surface area contributed by atoms with Gasteiger partial charge in [0, 0.05) is 17.8 Å². The molecule has 0 saturated carbocycles. The van der Waals surface area contributed by atoms with Crippen LogP contribution in [0.15, 0.2) is 59.4 Å². The van der Waals surface area contributed by atoms with Crippen LogP contribution in [0.2, 0.25) is 0 Å². The van der Waals surface area contributed by atoms with Gasteiger partial charge >= 0.3 is 0 Å². The van der Waals surface area contributed by atoms with Crippen LogP contribution in [0.3, 0.4) is 0 Å². The lowest BCUT2D eigenvalue weighted by atomic mass is 10.1. The Bertz CT molecular complexity index is 978. The third-order valence-electron chi connectivity index (χ3n) is 5.06. The van der Waals surface area contributed by atoms with Crippen LogP contribution in [0.1, 0.15) is 36.6 Å². The van der Waals surface area contributed by atoms with E-state index in [4.69, 9.17) is 9.72 Å². The molecule has 0 amide bonds. The number of rotatable bonds is 8. The number of aryl methyl sites for hydroxylation is 2. The first kappa shape index (κ1) is 19.9. The summed E-state index contributed by atoms with van der Waals surface area (Å²) >= 11 is 0. The number of benzene rings is 2. The zero-order valence-corrected chi connectivity index (χ0v) is 16.9. The molecule has 4 heteroatoms. The zero-order valence-electron chi connectivity index (χ0n) is 16.9. The van der Waals surface area contributed by atoms with Gasteiger partial charge in [0.25, 0.3) is 5.56 Å². The summed E-state index contributed by atoms with van der Waals surface area (Å²) in [6.07, 6.45) is 3.59. The van der Waals surface area contributed by atoms with E-state index < -0.39 is 0 Å². The van der Waals surface area contributed by atoms with Crippen LogP contribution >= 0.6 is 0 Å². The molecule has 28 heavy (non-hydrogen) atoms. The van der Waals surface area contributed by atoms with Crippen LogP contribution in [0.5, 0.6) is 5.75 Å². The van der Waals surface area contributed by atoms with Crippen LogP contribution in [-0.4, -0.2) is 16.7 Å². The highest BCUT2D eigenvalue weighted by atomic mass is 16.5. The third-order valence-corrected chi connectivity index (χ3v) is 5.06. The summed E-state index contributed by atoms with van der Waals surface area (Å²) < 4.78 is 7.36. The van der Waals surface area contributed by atoms with E-state index in [-0.39, 0.29) is 5.56 Å². The zero-order chi connectivity index (χ0) is 19.9. The maximum atomic E-state index is 13.4. The average Bonchev–Trinajstić information content (AvgIpc) is 2.73. The molecule has 0 aliphatic rings. The number of hydrogen-bond donors (Lipinski definition) is 0. The molecule has 146 valence electrons. The lowest BCUT2D eigenvalue weighted by Crippen LogP contribution is -2.29. The Morgan fingerprint density at radius 3 is 2.43 bits per heavy atom. The molecule has 0 aliphatic heterocycles. The smallest absolute Gasteiger partial charge is 0.257 e. The second kappa shape index (κ2) is 9.36. The Labute approximate surface area is 166 Å². The van der Waals surface area contributed by atoms with Crippen molar-refractivity contribution in [3.63, 3.8) is 0 Å². The summed E-state index contributed by atoms with van der Waals surface area (Å²) in [5, 5.41) is 0. The fourth-order valence-electron chi connectivity index (χ4n) is 3.47. The second-order valence-corrected chi connectivity index (χ2v) is 7.00. The molecule has 0 unspecified atom stereocenters. The number of hydrogen-bond acceptors (Lipinski definition) is 3. The number of para-hydroxylation sites is 1. The van der Waals surface area contributed by atoms with Crippen LogP contribution in [0.4, 0.5) is 0 Å². The van der Waals surface area contributed by atoms with Crippen LogP contribution in [0, 0.1) is 6.92 Å². The Morgan fingerprint density at radius 2 is 1.71 bits per heavy atom. The second-order valence-electron chi connectivity index (χ2n) is 7.00. The minimum Gasteiger partial charge on any atom is -0.496 e. The van der Waals surface area contributed by atoms with E-state index in [0.29, 0.717) is 12.4 Å². The molecule has 0 spiro atoms. The number of ether oxygens (including phenoxy) is 1. The van der Waals surface area contributed by atoms with Gasteiger partial charge in [0.15, 0.2) is 0 Å². The first-order valence-electron chi connectivity index (χ1n) is 9.93. The van der Waals surface area contributed by atoms with Gasteiger partial charge in [-0.15, -0.1) is 0 Å². The van der Waals surface area contributed by atoms with Crippen molar-refractivity contribution >= 4 is 0 Å². The predicted octanol–water partition coefficient (Wildman–Crippen LogP) is 4.81. The van der Waals surface area contributed by atoms with Crippen molar-refractivity contribution in [1.82, 2.24) is 9.55 Å². The van der Waals surface area contributed by atoms with Crippen molar-refractivity contribution < 1.29 is 4.74 Å². The Morgan fingerprint density at radius 1 is 1.00 bits per heavy atom. The van der Waals surface area contributed by atoms with Gasteiger partial charge in [0.1, 0.15) is 11.6 Å². The topological polar surface area (TPSA) is 44.1 Å². The van der Waals surface area contributed by atoms with Gasteiger partial charge in [0.2, 0.25) is 0 Å². The van der Waals surface area contributed by atoms with Crippen LogP contribution < -0.4 is 10.3 Å². The lowest BCUT2D eigenvalue weighted by Gasteiger charge is -2.17. The Kier molecular flexibility index (Phi) is 6.64. The maximum Gasteiger partial charge on any atom is 0.257 e. The molecule has 3 rings (SSSR count). The van der Waals surface area contributed by atoms with Gasteiger partial charge in [-0.3, -0.25) is 9.36 Å². The van der Waals surface area contributed by atoms with E-state index in [0.717, 1.165) is 48.3 Å². The summed E-state index contributed by atoms with van der Waals surface area (Å²) in [4.78, 5) is 18.3. The number of aromatic nitrogens is 2. The standard InChI is InChI=1S/C24H28N2O2/c1-4-5-13-20-18(2)25-23(21-14-9-10-15-22(21)28-3)26(24(20)27)17-16-19-11-7-6-8-12-19/h6-12,14-15H,4-5,13,16-17H2,1-3H3. The summed E-state index contributed by atoms with van der Waals surface area (Å²) in [6.45, 7) is 4.66. The van der Waals surface area contributed by atoms with E-state index in [1.807, 2.05) is 54.0 Å². The van der Waals surface area contributed by atoms with Crippen LogP contribution in [-0.2, 0) is 19.4 Å². The molecule has 1 heterocycles. The molecule has 0 atom stereocenters. The van der Waals surface area contributed by atoms with Gasteiger partial charge in [-0.1, -0.05) is 55.8 Å². The van der Waals surface area contributed by atoms with Gasteiger partial charge < -0.3 is 4.74 Å². The van der Waals surface area contributed by atoms with Crippen molar-refractivity contribution in [2.45, 2.75) is 46.1 Å². The highest BCUT2D eigenvalue weighted by Crippen LogP contribution is 2.28. The van der Waals surface area contributed by atoms with Crippen molar-refractivity contribution in [2.24, 2.45) is 0 Å². The normalized spacial score (nSPS) is 10.8. The van der Waals surface area contributed by atoms with Gasteiger partial charge in [-0.25, -0.2) is 4.98 Å². The van der Waals surface area contributed by atoms with Gasteiger partial charge in [0.05, 0.1) is 12.7 Å². The first-order chi connectivity index (χ1) is 13.7. The fourth-order valence-corrected chi connectivity index (χ4v) is 3.47. The van der Waals surface area contributed by atoms with Crippen molar-refractivity contribution in [2.75, 3.05) is 7.11 Å². The van der Waals surface area contributed by atoms with E-state index in [2.05, 4.69) is 19.1 Å². The average molecular weight is 377 g/mol. The summed E-state index contributed by atoms with van der Waals surface area (Å²) in [7, 11) is 1.65. The van der Waals surface area contributed by atoms with E-state index >= 15 is 0 Å². The van der Waals surface area contributed by atoms with E-state index in [1.165, 1.54) is 5.56 Å². The molecule has 0 N–H and O–H groups in total. The highest BCUT2D eigenvalue weighted by Gasteiger charge is 2.17. The van der Waals surface area contributed by atoms with E-state index in [9.17, 15) is 4.79 Å². The summed E-state index contributed by atoms with van der Waals surface area (Å²) in [6, 6.07) is 18.0. The lowest BCUT2D eigenvalue weighted by molar-refractivity contribution is 0.415. The highest BCUT2D eigenvalue weighted by molar-refractivity contribution is 5.64. The number of methoxy groups -OCH3 is 1. The molecular formula is C24H28N2O2. The van der Waals surface area contributed by atoms with E-state index in [1.54, 1.807) is 7.11 Å². The first-order valence-corrected chi connectivity index (χ1v) is 9.93. The van der Waals surface area contributed by atoms with Crippen molar-refractivity contribution in [1.29, 1.82) is 0 Å². The summed E-state index contributed by atoms with van der Waals surface area (Å²) in [5.41, 5.74) is 3.76. The molecule has 0 aliphatic carbocycles. The van der Waals surface area contributed by atoms with Crippen LogP contribution in [0.25, 0.3) is 11.4 Å². The molecule has 0 saturated heterocycles. The third kappa shape index (κ3) is 4.33. The fraction of sp³-hybridized carbons (Fsp3) is 0.333. The minimum atomic E-state index is 0.0674. The Balaban J connectivity index is 2.10. The molecule has 0 bridgehead atoms. The molecular weight excluding hydrogens is 348 g/mol. The van der Waals surface area contributed by atoms with Gasteiger partial charge in [-0.2, -0.15) is 0 Å². The largest absolute Gasteiger partial charge is 0.496 e. The van der Waals surface area contributed by atoms with Crippen molar-refractivity contribution in [3.8, 4) is 17.1 Å². The monoisotopic (exact) mass is 376 g/mol. The number of unbranched alkanes of at least 4 members (excludes halogenated alkanes) is 1. The number of nitrogens with zero attached hydrogens (tertiary/aromatic N) is 2. The van der Waals surface area contributed by atoms with Gasteiger partial charge in [-0.05, 0) is 43.9 Å². The quantitative estimate of drug-likeness (QED) is 0.566.